The second-order valence-electron chi connectivity index (χ2n) is 5.24. The predicted octanol–water partition coefficient (Wildman–Crippen LogP) is 3.91. The van der Waals surface area contributed by atoms with Crippen LogP contribution in [0.2, 0.25) is 0 Å². The lowest BCUT2D eigenvalue weighted by molar-refractivity contribution is -0.155. The van der Waals surface area contributed by atoms with Crippen molar-refractivity contribution in [3.63, 3.8) is 0 Å². The van der Waals surface area contributed by atoms with Crippen molar-refractivity contribution in [2.24, 2.45) is 5.92 Å². The first-order valence-electron chi connectivity index (χ1n) is 7.75. The van der Waals surface area contributed by atoms with Crippen molar-refractivity contribution in [2.45, 2.75) is 45.6 Å². The lowest BCUT2D eigenvalue weighted by atomic mass is 9.94. The molecule has 0 bridgehead atoms. The molecule has 0 amide bonds. The predicted molar refractivity (Wildman–Crippen MR) is 86.3 cm³/mol. The van der Waals surface area contributed by atoms with Gasteiger partial charge in [-0.15, -0.1) is 0 Å². The highest BCUT2D eigenvalue weighted by Crippen LogP contribution is 2.20. The van der Waals surface area contributed by atoms with E-state index in [0.29, 0.717) is 12.8 Å². The van der Waals surface area contributed by atoms with Crippen LogP contribution in [0.25, 0.3) is 6.08 Å². The summed E-state index contributed by atoms with van der Waals surface area (Å²) in [5.41, 5.74) is 0.898. The Kier molecular flexibility index (Phi) is 7.97. The molecule has 0 aliphatic carbocycles. The molecule has 0 aromatic heterocycles. The standard InChI is InChI=1S/C18H24O4/c1-3-8-15(18(20)21)16(9-4-2)22-17(19)13-12-14-10-6-5-7-11-14/h5-7,10-13,15-16H,3-4,8-9H2,1-2H3,(H,20,21). The second kappa shape index (κ2) is 9.77. The number of benzene rings is 1. The number of aliphatic carboxylic acids is 1. The first kappa shape index (κ1) is 18.0. The van der Waals surface area contributed by atoms with Crippen molar-refractivity contribution in [3.8, 4) is 0 Å². The summed E-state index contributed by atoms with van der Waals surface area (Å²) in [7, 11) is 0. The summed E-state index contributed by atoms with van der Waals surface area (Å²) >= 11 is 0. The van der Waals surface area contributed by atoms with Gasteiger partial charge in [0.15, 0.2) is 0 Å². The Morgan fingerprint density at radius 2 is 1.77 bits per heavy atom. The Morgan fingerprint density at radius 3 is 2.32 bits per heavy atom. The van der Waals surface area contributed by atoms with Crippen LogP contribution in [0.4, 0.5) is 0 Å². The Balaban J connectivity index is 2.70. The van der Waals surface area contributed by atoms with Gasteiger partial charge in [0.05, 0.1) is 5.92 Å². The summed E-state index contributed by atoms with van der Waals surface area (Å²) in [6.45, 7) is 3.88. The van der Waals surface area contributed by atoms with E-state index in [4.69, 9.17) is 4.74 Å². The minimum Gasteiger partial charge on any atom is -0.481 e. The molecule has 0 radical (unpaired) electrons. The summed E-state index contributed by atoms with van der Waals surface area (Å²) in [4.78, 5) is 23.3. The number of esters is 1. The van der Waals surface area contributed by atoms with Crippen molar-refractivity contribution in [3.05, 3.63) is 42.0 Å². The number of hydrogen-bond acceptors (Lipinski definition) is 3. The molecular formula is C18H24O4. The van der Waals surface area contributed by atoms with Gasteiger partial charge < -0.3 is 9.84 Å². The number of carbonyl (C=O) groups excluding carboxylic acids is 1. The molecule has 1 aromatic rings. The zero-order valence-corrected chi connectivity index (χ0v) is 13.2. The molecule has 1 rings (SSSR count). The highest BCUT2D eigenvalue weighted by Gasteiger charge is 2.29. The Morgan fingerprint density at radius 1 is 1.14 bits per heavy atom. The number of carbonyl (C=O) groups is 2. The topological polar surface area (TPSA) is 63.6 Å². The van der Waals surface area contributed by atoms with Gasteiger partial charge in [-0.1, -0.05) is 57.0 Å². The van der Waals surface area contributed by atoms with Crippen LogP contribution in [0.5, 0.6) is 0 Å². The van der Waals surface area contributed by atoms with E-state index in [2.05, 4.69) is 0 Å². The van der Waals surface area contributed by atoms with Crippen LogP contribution in [0.3, 0.4) is 0 Å². The largest absolute Gasteiger partial charge is 0.481 e. The summed E-state index contributed by atoms with van der Waals surface area (Å²) in [6, 6.07) is 9.42. The number of carboxylic acids is 1. The maximum Gasteiger partial charge on any atom is 0.331 e. The van der Waals surface area contributed by atoms with Crippen LogP contribution >= 0.6 is 0 Å². The molecule has 0 saturated heterocycles. The lowest BCUT2D eigenvalue weighted by Crippen LogP contribution is -2.32. The van der Waals surface area contributed by atoms with Gasteiger partial charge in [-0.3, -0.25) is 4.79 Å². The van der Waals surface area contributed by atoms with E-state index < -0.39 is 24.0 Å². The van der Waals surface area contributed by atoms with Crippen LogP contribution in [0.15, 0.2) is 36.4 Å². The van der Waals surface area contributed by atoms with E-state index >= 15 is 0 Å². The second-order valence-corrected chi connectivity index (χ2v) is 5.24. The fourth-order valence-corrected chi connectivity index (χ4v) is 2.32. The maximum atomic E-state index is 11.9. The van der Waals surface area contributed by atoms with E-state index in [9.17, 15) is 14.7 Å². The van der Waals surface area contributed by atoms with E-state index in [-0.39, 0.29) is 0 Å². The quantitative estimate of drug-likeness (QED) is 0.555. The van der Waals surface area contributed by atoms with Crippen molar-refractivity contribution in [1.82, 2.24) is 0 Å². The summed E-state index contributed by atoms with van der Waals surface area (Å²) < 4.78 is 5.38. The molecule has 1 N–H and O–H groups in total. The zero-order valence-electron chi connectivity index (χ0n) is 13.2. The van der Waals surface area contributed by atoms with Gasteiger partial charge in [-0.2, -0.15) is 0 Å². The number of ether oxygens (including phenoxy) is 1. The molecule has 0 spiro atoms. The third kappa shape index (κ3) is 6.12. The molecular weight excluding hydrogens is 280 g/mol. The average Bonchev–Trinajstić information content (AvgIpc) is 2.51. The minimum absolute atomic E-state index is 0.496. The van der Waals surface area contributed by atoms with Gasteiger partial charge in [-0.25, -0.2) is 4.79 Å². The van der Waals surface area contributed by atoms with Crippen molar-refractivity contribution in [1.29, 1.82) is 0 Å². The van der Waals surface area contributed by atoms with E-state index in [1.54, 1.807) is 6.08 Å². The van der Waals surface area contributed by atoms with Crippen LogP contribution in [-0.2, 0) is 14.3 Å². The van der Waals surface area contributed by atoms with Gasteiger partial charge in [0.2, 0.25) is 0 Å². The van der Waals surface area contributed by atoms with Crippen molar-refractivity contribution in [2.75, 3.05) is 0 Å². The van der Waals surface area contributed by atoms with Crippen LogP contribution in [0.1, 0.15) is 45.1 Å². The first-order valence-corrected chi connectivity index (χ1v) is 7.75. The molecule has 4 nitrogen and oxygen atoms in total. The van der Waals surface area contributed by atoms with Gasteiger partial charge in [-0.05, 0) is 24.5 Å². The lowest BCUT2D eigenvalue weighted by Gasteiger charge is -2.23. The van der Waals surface area contributed by atoms with E-state index in [1.807, 2.05) is 44.2 Å². The Bertz CT molecular complexity index is 493. The first-order chi connectivity index (χ1) is 10.6. The van der Waals surface area contributed by atoms with E-state index in [1.165, 1.54) is 6.08 Å². The van der Waals surface area contributed by atoms with Gasteiger partial charge in [0, 0.05) is 6.08 Å². The summed E-state index contributed by atoms with van der Waals surface area (Å²) in [5.74, 6) is -2.04. The fraction of sp³-hybridized carbons (Fsp3) is 0.444. The molecule has 4 heteroatoms. The third-order valence-corrected chi connectivity index (χ3v) is 3.42. The van der Waals surface area contributed by atoms with Gasteiger partial charge in [0.1, 0.15) is 6.10 Å². The molecule has 0 fully saturated rings. The normalized spacial score (nSPS) is 13.7. The molecule has 2 unspecified atom stereocenters. The number of hydrogen-bond donors (Lipinski definition) is 1. The molecule has 0 aliphatic rings. The summed E-state index contributed by atoms with van der Waals surface area (Å²) in [5, 5.41) is 9.31. The van der Waals surface area contributed by atoms with Crippen LogP contribution < -0.4 is 0 Å². The van der Waals surface area contributed by atoms with Crippen molar-refractivity contribution < 1.29 is 19.4 Å². The Hall–Kier alpha value is -2.10. The number of carboxylic acid groups (broad SMARTS) is 1. The average molecular weight is 304 g/mol. The van der Waals surface area contributed by atoms with Crippen molar-refractivity contribution >= 4 is 18.0 Å². The molecule has 120 valence electrons. The van der Waals surface area contributed by atoms with Crippen LogP contribution in [-0.4, -0.2) is 23.1 Å². The smallest absolute Gasteiger partial charge is 0.331 e. The Labute approximate surface area is 131 Å². The fourth-order valence-electron chi connectivity index (χ4n) is 2.32. The molecule has 22 heavy (non-hydrogen) atoms. The molecule has 2 atom stereocenters. The molecule has 0 heterocycles. The monoisotopic (exact) mass is 304 g/mol. The van der Waals surface area contributed by atoms with Crippen LogP contribution in [0, 0.1) is 5.92 Å². The molecule has 0 saturated carbocycles. The molecule has 0 aliphatic heterocycles. The zero-order chi connectivity index (χ0) is 16.4. The highest BCUT2D eigenvalue weighted by atomic mass is 16.5. The maximum absolute atomic E-state index is 11.9. The van der Waals surface area contributed by atoms with E-state index in [0.717, 1.165) is 18.4 Å². The number of rotatable bonds is 9. The highest BCUT2D eigenvalue weighted by molar-refractivity contribution is 5.87. The summed E-state index contributed by atoms with van der Waals surface area (Å²) in [6.07, 6.45) is 5.03. The molecule has 1 aromatic carbocycles. The SMILES string of the molecule is CCCC(OC(=O)C=Cc1ccccc1)C(CCC)C(=O)O. The third-order valence-electron chi connectivity index (χ3n) is 3.42. The minimum atomic E-state index is -0.903. The van der Waals surface area contributed by atoms with Gasteiger partial charge >= 0.3 is 11.9 Å². The van der Waals surface area contributed by atoms with Gasteiger partial charge in [0.25, 0.3) is 0 Å².